The Labute approximate surface area is 131 Å². The number of amides is 2. The zero-order valence-electron chi connectivity index (χ0n) is 13.6. The van der Waals surface area contributed by atoms with Crippen LogP contribution in [0.3, 0.4) is 0 Å². The van der Waals surface area contributed by atoms with E-state index in [-0.39, 0.29) is 23.7 Å². The van der Waals surface area contributed by atoms with Gasteiger partial charge < -0.3 is 19.7 Å². The summed E-state index contributed by atoms with van der Waals surface area (Å²) in [6.07, 6.45) is 3.32. The van der Waals surface area contributed by atoms with Gasteiger partial charge in [0.05, 0.1) is 13.7 Å². The lowest BCUT2D eigenvalue weighted by atomic mass is 10.1. The van der Waals surface area contributed by atoms with Crippen LogP contribution in [0.4, 0.5) is 4.79 Å². The van der Waals surface area contributed by atoms with Crippen molar-refractivity contribution in [1.29, 1.82) is 0 Å². The maximum atomic E-state index is 12.2. The first-order valence-electron chi connectivity index (χ1n) is 7.48. The number of urea groups is 1. The molecule has 1 N–H and O–H groups in total. The van der Waals surface area contributed by atoms with Crippen molar-refractivity contribution in [1.82, 2.24) is 20.2 Å². The van der Waals surface area contributed by atoms with Crippen molar-refractivity contribution >= 4 is 6.03 Å². The van der Waals surface area contributed by atoms with Crippen molar-refractivity contribution in [3.63, 3.8) is 0 Å². The van der Waals surface area contributed by atoms with E-state index < -0.39 is 0 Å². The van der Waals surface area contributed by atoms with Crippen molar-refractivity contribution in [3.05, 3.63) is 12.3 Å². The number of methoxy groups -OCH3 is 1. The van der Waals surface area contributed by atoms with Crippen molar-refractivity contribution in [2.45, 2.75) is 45.3 Å². The van der Waals surface area contributed by atoms with E-state index in [1.165, 1.54) is 7.11 Å². The van der Waals surface area contributed by atoms with Crippen LogP contribution in [0.2, 0.25) is 0 Å². The molecule has 1 fully saturated rings. The Bertz CT molecular complexity index is 516. The molecule has 1 saturated heterocycles. The molecule has 0 radical (unpaired) electrons. The highest BCUT2D eigenvalue weighted by molar-refractivity contribution is 5.75. The van der Waals surface area contributed by atoms with Gasteiger partial charge >= 0.3 is 12.0 Å². The molecule has 0 saturated carbocycles. The molecular weight excluding hydrogens is 284 g/mol. The van der Waals surface area contributed by atoms with Crippen LogP contribution in [0, 0.1) is 0 Å². The molecule has 2 heterocycles. The molecule has 0 aliphatic carbocycles. The number of piperidine rings is 1. The molecule has 1 aliphatic heterocycles. The number of nitrogens with one attached hydrogen (secondary N) is 1. The van der Waals surface area contributed by atoms with Crippen molar-refractivity contribution < 1.29 is 14.3 Å². The Kier molecular flexibility index (Phi) is 5.05. The van der Waals surface area contributed by atoms with E-state index in [0.717, 1.165) is 19.4 Å². The molecule has 1 aromatic rings. The van der Waals surface area contributed by atoms with E-state index in [2.05, 4.69) is 15.3 Å². The van der Waals surface area contributed by atoms with E-state index in [1.807, 2.05) is 20.8 Å². The average Bonchev–Trinajstić information content (AvgIpc) is 2.46. The standard InChI is InChI=1S/C15H24N4O3/c1-15(2,3)18-14(20)19-9-5-6-11(10-19)22-12-7-8-16-13(17-12)21-4/h7-8,11H,5-6,9-10H2,1-4H3,(H,18,20). The normalized spacial score (nSPS) is 18.7. The van der Waals surface area contributed by atoms with E-state index in [0.29, 0.717) is 12.4 Å². The summed E-state index contributed by atoms with van der Waals surface area (Å²) in [6, 6.07) is 1.91. The SMILES string of the molecule is COc1nccc(OC2CCCN(C(=O)NC(C)(C)C)C2)n1. The Morgan fingerprint density at radius 1 is 1.45 bits per heavy atom. The molecule has 0 spiro atoms. The van der Waals surface area contributed by atoms with Crippen LogP contribution < -0.4 is 14.8 Å². The van der Waals surface area contributed by atoms with E-state index in [4.69, 9.17) is 9.47 Å². The van der Waals surface area contributed by atoms with Crippen LogP contribution in [-0.2, 0) is 0 Å². The largest absolute Gasteiger partial charge is 0.472 e. The molecule has 7 nitrogen and oxygen atoms in total. The second kappa shape index (κ2) is 6.81. The Morgan fingerprint density at radius 2 is 2.23 bits per heavy atom. The highest BCUT2D eigenvalue weighted by Crippen LogP contribution is 2.18. The lowest BCUT2D eigenvalue weighted by Gasteiger charge is -2.34. The van der Waals surface area contributed by atoms with Gasteiger partial charge in [-0.1, -0.05) is 0 Å². The molecule has 2 amide bonds. The first-order valence-corrected chi connectivity index (χ1v) is 7.48. The van der Waals surface area contributed by atoms with Gasteiger partial charge in [0.2, 0.25) is 5.88 Å². The predicted molar refractivity (Wildman–Crippen MR) is 82.1 cm³/mol. The second-order valence-corrected chi connectivity index (χ2v) is 6.39. The summed E-state index contributed by atoms with van der Waals surface area (Å²) >= 11 is 0. The Hall–Kier alpha value is -2.05. The number of hydrogen-bond donors (Lipinski definition) is 1. The number of likely N-dealkylation sites (tertiary alicyclic amines) is 1. The van der Waals surface area contributed by atoms with Gasteiger partial charge in [-0.3, -0.25) is 0 Å². The fourth-order valence-electron chi connectivity index (χ4n) is 2.28. The van der Waals surface area contributed by atoms with E-state index in [1.54, 1.807) is 17.2 Å². The molecule has 7 heteroatoms. The number of carbonyl (C=O) groups excluding carboxylic acids is 1. The van der Waals surface area contributed by atoms with Gasteiger partial charge in [-0.25, -0.2) is 9.78 Å². The van der Waals surface area contributed by atoms with Crippen LogP contribution in [0.25, 0.3) is 0 Å². The van der Waals surface area contributed by atoms with Gasteiger partial charge in [-0.2, -0.15) is 4.98 Å². The zero-order chi connectivity index (χ0) is 16.2. The highest BCUT2D eigenvalue weighted by Gasteiger charge is 2.27. The summed E-state index contributed by atoms with van der Waals surface area (Å²) in [4.78, 5) is 22.1. The fourth-order valence-corrected chi connectivity index (χ4v) is 2.28. The third-order valence-electron chi connectivity index (χ3n) is 3.23. The number of nitrogens with zero attached hydrogens (tertiary/aromatic N) is 3. The molecule has 0 aromatic carbocycles. The molecule has 1 unspecified atom stereocenters. The summed E-state index contributed by atoms with van der Waals surface area (Å²) in [5.74, 6) is 0.468. The molecule has 1 atom stereocenters. The molecule has 122 valence electrons. The highest BCUT2D eigenvalue weighted by atomic mass is 16.5. The summed E-state index contributed by atoms with van der Waals surface area (Å²) in [5.41, 5.74) is -0.245. The van der Waals surface area contributed by atoms with E-state index >= 15 is 0 Å². The summed E-state index contributed by atoms with van der Waals surface area (Å²) < 4.78 is 10.8. The van der Waals surface area contributed by atoms with Gasteiger partial charge in [0, 0.05) is 24.3 Å². The van der Waals surface area contributed by atoms with Gasteiger partial charge in [0.15, 0.2) is 0 Å². The topological polar surface area (TPSA) is 76.6 Å². The van der Waals surface area contributed by atoms with Crippen molar-refractivity contribution in [2.24, 2.45) is 0 Å². The molecular formula is C15H24N4O3. The number of hydrogen-bond acceptors (Lipinski definition) is 5. The molecule has 1 aromatic heterocycles. The third-order valence-corrected chi connectivity index (χ3v) is 3.23. The maximum absolute atomic E-state index is 12.2. The number of ether oxygens (including phenoxy) is 2. The molecule has 1 aliphatic rings. The van der Waals surface area contributed by atoms with Crippen LogP contribution in [-0.4, -0.2) is 52.7 Å². The Balaban J connectivity index is 1.94. The molecule has 2 rings (SSSR count). The first-order chi connectivity index (χ1) is 10.4. The quantitative estimate of drug-likeness (QED) is 0.922. The van der Waals surface area contributed by atoms with Crippen LogP contribution in [0.1, 0.15) is 33.6 Å². The minimum atomic E-state index is -0.245. The lowest BCUT2D eigenvalue weighted by Crippen LogP contribution is -2.53. The summed E-state index contributed by atoms with van der Waals surface area (Å²) in [7, 11) is 1.51. The van der Waals surface area contributed by atoms with Crippen LogP contribution in [0.15, 0.2) is 12.3 Å². The van der Waals surface area contributed by atoms with Gasteiger partial charge in [-0.15, -0.1) is 0 Å². The Morgan fingerprint density at radius 3 is 2.91 bits per heavy atom. The third kappa shape index (κ3) is 4.75. The van der Waals surface area contributed by atoms with Crippen molar-refractivity contribution in [3.8, 4) is 11.9 Å². The number of aromatic nitrogens is 2. The predicted octanol–water partition coefficient (Wildman–Crippen LogP) is 1.84. The van der Waals surface area contributed by atoms with Crippen LogP contribution in [0.5, 0.6) is 11.9 Å². The number of carbonyl (C=O) groups is 1. The molecule has 0 bridgehead atoms. The minimum absolute atomic E-state index is 0.0546. The lowest BCUT2D eigenvalue weighted by molar-refractivity contribution is 0.0946. The first kappa shape index (κ1) is 16.3. The second-order valence-electron chi connectivity index (χ2n) is 6.39. The molecule has 22 heavy (non-hydrogen) atoms. The van der Waals surface area contributed by atoms with Gasteiger partial charge in [-0.05, 0) is 33.6 Å². The zero-order valence-corrected chi connectivity index (χ0v) is 13.6. The monoisotopic (exact) mass is 308 g/mol. The minimum Gasteiger partial charge on any atom is -0.472 e. The maximum Gasteiger partial charge on any atom is 0.319 e. The van der Waals surface area contributed by atoms with Crippen molar-refractivity contribution in [2.75, 3.05) is 20.2 Å². The fraction of sp³-hybridized carbons (Fsp3) is 0.667. The van der Waals surface area contributed by atoms with Crippen LogP contribution >= 0.6 is 0 Å². The van der Waals surface area contributed by atoms with E-state index in [9.17, 15) is 4.79 Å². The summed E-state index contributed by atoms with van der Waals surface area (Å²) in [5, 5.41) is 2.98. The smallest absolute Gasteiger partial charge is 0.319 e. The van der Waals surface area contributed by atoms with Gasteiger partial charge in [0.1, 0.15) is 6.10 Å². The summed E-state index contributed by atoms with van der Waals surface area (Å²) in [6.45, 7) is 7.20. The van der Waals surface area contributed by atoms with Gasteiger partial charge in [0.25, 0.3) is 0 Å². The number of rotatable bonds is 3. The average molecular weight is 308 g/mol.